The van der Waals surface area contributed by atoms with E-state index in [1.807, 2.05) is 0 Å². The van der Waals surface area contributed by atoms with Gasteiger partial charge >= 0.3 is 0 Å². The largest absolute Gasteiger partial charge is 0.367 e. The zero-order valence-corrected chi connectivity index (χ0v) is 32.5. The van der Waals surface area contributed by atoms with Gasteiger partial charge < -0.3 is 9.80 Å². The summed E-state index contributed by atoms with van der Waals surface area (Å²) >= 11 is 0. The molecule has 58 heavy (non-hydrogen) atoms. The molecule has 2 heterocycles. The maximum Gasteiger partial charge on any atom is 0.0583 e. The Balaban J connectivity index is 1.01. The van der Waals surface area contributed by atoms with Crippen LogP contribution in [0.5, 0.6) is 0 Å². The van der Waals surface area contributed by atoms with Gasteiger partial charge in [-0.1, -0.05) is 176 Å². The Morgan fingerprint density at radius 3 is 1.74 bits per heavy atom. The maximum atomic E-state index is 2.54. The highest BCUT2D eigenvalue weighted by Crippen LogP contribution is 2.56. The van der Waals surface area contributed by atoms with Gasteiger partial charge in [-0.2, -0.15) is 0 Å². The molecule has 12 rings (SSSR count). The van der Waals surface area contributed by atoms with Crippen LogP contribution in [-0.2, 0) is 0 Å². The van der Waals surface area contributed by atoms with Gasteiger partial charge in [0.05, 0.1) is 6.04 Å². The first-order chi connectivity index (χ1) is 28.6. The lowest BCUT2D eigenvalue weighted by Gasteiger charge is -2.32. The van der Waals surface area contributed by atoms with E-state index in [-0.39, 0.29) is 12.0 Å². The number of hydrogen-bond donors (Lipinski definition) is 0. The number of benzene rings is 9. The van der Waals surface area contributed by atoms with Crippen molar-refractivity contribution in [2.45, 2.75) is 12.0 Å². The SMILES string of the molecule is CN1c2cc(-c3c(-c4ccccc4)ccc4ccccc34)ccc2-c2cc3c(c4cccc1c24)C1C=CC(c2c(-c4ccccc4)ccc4ccccc24)=CC1N3C. The second-order valence-corrected chi connectivity index (χ2v) is 16.1. The van der Waals surface area contributed by atoms with Crippen LogP contribution in [0.1, 0.15) is 17.0 Å². The van der Waals surface area contributed by atoms with Crippen molar-refractivity contribution >= 4 is 55.0 Å². The van der Waals surface area contributed by atoms with Crippen LogP contribution in [0.25, 0.3) is 82.4 Å². The smallest absolute Gasteiger partial charge is 0.0583 e. The lowest BCUT2D eigenvalue weighted by molar-refractivity contribution is 0.727. The third-order valence-corrected chi connectivity index (χ3v) is 13.1. The molecular weight excluding hydrogens is 701 g/mol. The van der Waals surface area contributed by atoms with Crippen molar-refractivity contribution in [3.8, 4) is 44.5 Å². The summed E-state index contributed by atoms with van der Waals surface area (Å²) in [6.07, 6.45) is 7.41. The molecule has 0 saturated carbocycles. The van der Waals surface area contributed by atoms with Crippen molar-refractivity contribution in [3.63, 3.8) is 0 Å². The molecule has 2 unspecified atom stereocenters. The molecule has 2 heteroatoms. The standard InChI is InChI=1S/C56H40N2/c1-57-49-23-13-22-47-55-46-31-27-40(54-42-21-12-10-19-38(42)25-29-44(54)36-16-7-4-8-17-36)33-51(46)58(2)52(55)34-48(56(47)49)45-30-26-39(32-50(45)57)53-41-20-11-9-18-37(41)24-28-43(53)35-14-5-3-6-15-35/h3-34,46,51H,1-2H3. The summed E-state index contributed by atoms with van der Waals surface area (Å²) in [6, 6.07) is 65.2. The summed E-state index contributed by atoms with van der Waals surface area (Å²) in [6.45, 7) is 0. The molecule has 0 amide bonds. The van der Waals surface area contributed by atoms with E-state index in [9.17, 15) is 0 Å². The van der Waals surface area contributed by atoms with Crippen LogP contribution in [0.3, 0.4) is 0 Å². The minimum Gasteiger partial charge on any atom is -0.367 e. The average Bonchev–Trinajstić information content (AvgIpc) is 3.57. The first-order valence-electron chi connectivity index (χ1n) is 20.4. The fraction of sp³-hybridized carbons (Fsp3) is 0.0714. The molecule has 0 saturated heterocycles. The fourth-order valence-corrected chi connectivity index (χ4v) is 10.4. The fourth-order valence-electron chi connectivity index (χ4n) is 10.4. The number of likely N-dealkylation sites (N-methyl/N-ethyl adjacent to an activating group) is 1. The lowest BCUT2D eigenvalue weighted by atomic mass is 9.80. The van der Waals surface area contributed by atoms with Crippen LogP contribution in [0.15, 0.2) is 194 Å². The van der Waals surface area contributed by atoms with Crippen LogP contribution in [0, 0.1) is 0 Å². The molecule has 2 atom stereocenters. The predicted molar refractivity (Wildman–Crippen MR) is 247 cm³/mol. The van der Waals surface area contributed by atoms with E-state index < -0.39 is 0 Å². The summed E-state index contributed by atoms with van der Waals surface area (Å²) < 4.78 is 0. The second-order valence-electron chi connectivity index (χ2n) is 16.1. The summed E-state index contributed by atoms with van der Waals surface area (Å²) in [7, 11) is 4.54. The molecule has 2 aliphatic heterocycles. The first kappa shape index (κ1) is 33.0. The topological polar surface area (TPSA) is 6.48 Å². The Morgan fingerprint density at radius 2 is 1.03 bits per heavy atom. The van der Waals surface area contributed by atoms with Crippen LogP contribution in [0.4, 0.5) is 17.1 Å². The van der Waals surface area contributed by atoms with E-state index in [0.717, 1.165) is 0 Å². The summed E-state index contributed by atoms with van der Waals surface area (Å²) in [4.78, 5) is 4.96. The van der Waals surface area contributed by atoms with Crippen molar-refractivity contribution in [2.75, 3.05) is 23.9 Å². The molecule has 9 aromatic carbocycles. The molecule has 0 aromatic heterocycles. The molecule has 0 fully saturated rings. The Labute approximate surface area is 339 Å². The number of allylic oxidation sites excluding steroid dienone is 2. The number of nitrogens with zero attached hydrogens (tertiary/aromatic N) is 2. The first-order valence-corrected chi connectivity index (χ1v) is 20.4. The van der Waals surface area contributed by atoms with E-state index in [2.05, 4.69) is 218 Å². The van der Waals surface area contributed by atoms with E-state index in [1.54, 1.807) is 0 Å². The Kier molecular flexibility index (Phi) is 7.22. The van der Waals surface area contributed by atoms with Gasteiger partial charge in [0.25, 0.3) is 0 Å². The number of rotatable bonds is 4. The molecule has 3 aliphatic rings. The number of hydrogen-bond acceptors (Lipinski definition) is 2. The lowest BCUT2D eigenvalue weighted by Crippen LogP contribution is -2.29. The van der Waals surface area contributed by atoms with Crippen molar-refractivity contribution in [2.24, 2.45) is 0 Å². The van der Waals surface area contributed by atoms with Gasteiger partial charge in [0.2, 0.25) is 0 Å². The summed E-state index contributed by atoms with van der Waals surface area (Å²) in [5, 5.41) is 7.77. The Morgan fingerprint density at radius 1 is 0.431 bits per heavy atom. The van der Waals surface area contributed by atoms with E-state index >= 15 is 0 Å². The molecular formula is C56H40N2. The third kappa shape index (κ3) is 4.79. The molecule has 2 nitrogen and oxygen atoms in total. The van der Waals surface area contributed by atoms with Gasteiger partial charge in [-0.25, -0.2) is 0 Å². The third-order valence-electron chi connectivity index (χ3n) is 13.1. The van der Waals surface area contributed by atoms with E-state index in [0.29, 0.717) is 0 Å². The van der Waals surface area contributed by atoms with Gasteiger partial charge in [0, 0.05) is 48.0 Å². The quantitative estimate of drug-likeness (QED) is 0.177. The van der Waals surface area contributed by atoms with Gasteiger partial charge in [-0.15, -0.1) is 0 Å². The molecule has 1 aliphatic carbocycles. The highest BCUT2D eigenvalue weighted by molar-refractivity contribution is 6.16. The van der Waals surface area contributed by atoms with Crippen molar-refractivity contribution in [1.82, 2.24) is 0 Å². The van der Waals surface area contributed by atoms with Crippen LogP contribution in [0.2, 0.25) is 0 Å². The maximum absolute atomic E-state index is 2.54. The van der Waals surface area contributed by atoms with Crippen molar-refractivity contribution < 1.29 is 0 Å². The summed E-state index contributed by atoms with van der Waals surface area (Å²) in [5.41, 5.74) is 17.9. The van der Waals surface area contributed by atoms with Crippen LogP contribution < -0.4 is 9.80 Å². The minimum atomic E-state index is 0.197. The van der Waals surface area contributed by atoms with Gasteiger partial charge in [-0.3, -0.25) is 0 Å². The second kappa shape index (κ2) is 12.7. The van der Waals surface area contributed by atoms with Crippen LogP contribution in [-0.4, -0.2) is 20.1 Å². The zero-order valence-electron chi connectivity index (χ0n) is 32.5. The van der Waals surface area contributed by atoms with Crippen LogP contribution >= 0.6 is 0 Å². The summed E-state index contributed by atoms with van der Waals surface area (Å²) in [5.74, 6) is 0.250. The average molecular weight is 741 g/mol. The molecule has 9 aromatic rings. The van der Waals surface area contributed by atoms with Gasteiger partial charge in [0.1, 0.15) is 0 Å². The molecule has 0 N–H and O–H groups in total. The highest BCUT2D eigenvalue weighted by atomic mass is 15.2. The molecule has 274 valence electrons. The van der Waals surface area contributed by atoms with Crippen molar-refractivity contribution in [1.29, 1.82) is 0 Å². The zero-order chi connectivity index (χ0) is 38.5. The van der Waals surface area contributed by atoms with Crippen molar-refractivity contribution in [3.05, 3.63) is 205 Å². The van der Waals surface area contributed by atoms with E-state index in [1.165, 1.54) is 111 Å². The Bertz CT molecular complexity index is 3210. The minimum absolute atomic E-state index is 0.197. The predicted octanol–water partition coefficient (Wildman–Crippen LogP) is 14.5. The monoisotopic (exact) mass is 740 g/mol. The van der Waals surface area contributed by atoms with Gasteiger partial charge in [0.15, 0.2) is 0 Å². The normalized spacial score (nSPS) is 16.4. The Hall–Kier alpha value is -7.16. The molecule has 0 spiro atoms. The number of anilines is 3. The molecule has 0 radical (unpaired) electrons. The highest BCUT2D eigenvalue weighted by Gasteiger charge is 2.39. The number of fused-ring (bicyclic) bond motifs is 8. The van der Waals surface area contributed by atoms with E-state index in [4.69, 9.17) is 0 Å². The molecule has 0 bridgehead atoms. The van der Waals surface area contributed by atoms with Gasteiger partial charge in [-0.05, 0) is 101 Å².